The van der Waals surface area contributed by atoms with Crippen LogP contribution in [-0.4, -0.2) is 11.1 Å². The number of unbranched alkanes of at least 4 members (excludes halogenated alkanes) is 8. The van der Waals surface area contributed by atoms with E-state index in [0.717, 1.165) is 12.8 Å². The second-order valence-electron chi connectivity index (χ2n) is 4.67. The molecule has 1 N–H and O–H groups in total. The van der Waals surface area contributed by atoms with Gasteiger partial charge in [0.05, 0.1) is 0 Å². The number of hydrogen-bond donors (Lipinski definition) is 1. The molecule has 2 nitrogen and oxygen atoms in total. The Kier molecular flexibility index (Phi) is 12.7. The van der Waals surface area contributed by atoms with Crippen LogP contribution in [0.2, 0.25) is 0 Å². The molecule has 0 aliphatic heterocycles. The highest BCUT2D eigenvalue weighted by Gasteiger charge is 1.95. The Morgan fingerprint density at radius 1 is 0.882 bits per heavy atom. The molecule has 0 bridgehead atoms. The van der Waals surface area contributed by atoms with Crippen LogP contribution in [0.25, 0.3) is 0 Å². The zero-order chi connectivity index (χ0) is 12.8. The molecule has 0 atom stereocenters. The molecule has 0 aliphatic carbocycles. The van der Waals surface area contributed by atoms with Gasteiger partial charge in [0.1, 0.15) is 0 Å². The first-order valence-electron chi connectivity index (χ1n) is 7.14. The lowest BCUT2D eigenvalue weighted by molar-refractivity contribution is -0.137. The molecular weight excluding hydrogens is 212 g/mol. The summed E-state index contributed by atoms with van der Waals surface area (Å²) in [6.45, 7) is 2.23. The molecule has 100 valence electrons. The zero-order valence-corrected chi connectivity index (χ0v) is 11.3. The summed E-state index contributed by atoms with van der Waals surface area (Å²) >= 11 is 0. The van der Waals surface area contributed by atoms with E-state index in [0.29, 0.717) is 6.42 Å². The van der Waals surface area contributed by atoms with Crippen LogP contribution in [0.3, 0.4) is 0 Å². The molecule has 0 aliphatic rings. The summed E-state index contributed by atoms with van der Waals surface area (Å²) < 4.78 is 0. The van der Waals surface area contributed by atoms with Crippen LogP contribution in [0.1, 0.15) is 77.6 Å². The van der Waals surface area contributed by atoms with E-state index >= 15 is 0 Å². The number of carbonyl (C=O) groups is 1. The third-order valence-electron chi connectivity index (χ3n) is 2.90. The van der Waals surface area contributed by atoms with Crippen molar-refractivity contribution >= 4 is 5.97 Å². The van der Waals surface area contributed by atoms with Gasteiger partial charge in [0.25, 0.3) is 0 Å². The molecule has 0 spiro atoms. The Morgan fingerprint density at radius 2 is 1.41 bits per heavy atom. The van der Waals surface area contributed by atoms with Crippen molar-refractivity contribution in [1.29, 1.82) is 0 Å². The number of rotatable bonds is 12. The molecule has 0 aromatic carbocycles. The second-order valence-corrected chi connectivity index (χ2v) is 4.67. The van der Waals surface area contributed by atoms with E-state index in [2.05, 4.69) is 19.1 Å². The largest absolute Gasteiger partial charge is 0.481 e. The van der Waals surface area contributed by atoms with Crippen molar-refractivity contribution in [2.24, 2.45) is 0 Å². The molecule has 2 heteroatoms. The Bertz CT molecular complexity index is 197. The third kappa shape index (κ3) is 15.2. The third-order valence-corrected chi connectivity index (χ3v) is 2.90. The van der Waals surface area contributed by atoms with Crippen LogP contribution >= 0.6 is 0 Å². The lowest BCUT2D eigenvalue weighted by atomic mass is 10.1. The van der Waals surface area contributed by atoms with Crippen molar-refractivity contribution in [2.75, 3.05) is 0 Å². The molecule has 0 saturated carbocycles. The van der Waals surface area contributed by atoms with Gasteiger partial charge in [-0.25, -0.2) is 0 Å². The Balaban J connectivity index is 3.05. The van der Waals surface area contributed by atoms with Crippen molar-refractivity contribution in [1.82, 2.24) is 0 Å². The summed E-state index contributed by atoms with van der Waals surface area (Å²) in [7, 11) is 0. The van der Waals surface area contributed by atoms with Gasteiger partial charge in [-0.1, -0.05) is 51.2 Å². The molecule has 0 fully saturated rings. The standard InChI is InChI=1S/C15H28O2/c1-2-3-4-5-6-7-8-9-10-11-12-13-14-15(16)17/h6-7H,2-5,8-14H2,1H3,(H,16,17). The van der Waals surface area contributed by atoms with E-state index in [4.69, 9.17) is 5.11 Å². The quantitative estimate of drug-likeness (QED) is 0.387. The predicted molar refractivity (Wildman–Crippen MR) is 73.2 cm³/mol. The fourth-order valence-electron chi connectivity index (χ4n) is 1.82. The van der Waals surface area contributed by atoms with E-state index in [1.165, 1.54) is 51.4 Å². The fraction of sp³-hybridized carbons (Fsp3) is 0.800. The molecule has 0 aromatic rings. The molecule has 17 heavy (non-hydrogen) atoms. The van der Waals surface area contributed by atoms with Crippen LogP contribution in [0, 0.1) is 0 Å². The molecular formula is C15H28O2. The first kappa shape index (κ1) is 16.2. The molecule has 0 saturated heterocycles. The van der Waals surface area contributed by atoms with Crippen LogP contribution in [0.5, 0.6) is 0 Å². The average molecular weight is 240 g/mol. The smallest absolute Gasteiger partial charge is 0.303 e. The maximum atomic E-state index is 10.3. The summed E-state index contributed by atoms with van der Waals surface area (Å²) in [6.07, 6.45) is 16.9. The number of aliphatic carboxylic acids is 1. The van der Waals surface area contributed by atoms with Gasteiger partial charge < -0.3 is 5.11 Å². The van der Waals surface area contributed by atoms with Crippen molar-refractivity contribution in [2.45, 2.75) is 77.6 Å². The minimum Gasteiger partial charge on any atom is -0.481 e. The molecule has 0 radical (unpaired) electrons. The Labute approximate surface area is 106 Å². The summed E-state index contributed by atoms with van der Waals surface area (Å²) in [5.41, 5.74) is 0. The number of hydrogen-bond acceptors (Lipinski definition) is 1. The zero-order valence-electron chi connectivity index (χ0n) is 11.3. The van der Waals surface area contributed by atoms with Crippen LogP contribution in [0.4, 0.5) is 0 Å². The van der Waals surface area contributed by atoms with Gasteiger partial charge >= 0.3 is 5.97 Å². The molecule has 0 heterocycles. The molecule has 0 aromatic heterocycles. The highest BCUT2D eigenvalue weighted by molar-refractivity contribution is 5.66. The molecule has 0 unspecified atom stereocenters. The van der Waals surface area contributed by atoms with E-state index in [1.54, 1.807) is 0 Å². The van der Waals surface area contributed by atoms with Gasteiger partial charge in [0, 0.05) is 6.42 Å². The van der Waals surface area contributed by atoms with Crippen LogP contribution in [0.15, 0.2) is 12.2 Å². The lowest BCUT2D eigenvalue weighted by Crippen LogP contribution is -1.93. The summed E-state index contributed by atoms with van der Waals surface area (Å²) in [5, 5.41) is 8.47. The Hall–Kier alpha value is -0.790. The predicted octanol–water partition coefficient (Wildman–Crippen LogP) is 4.94. The van der Waals surface area contributed by atoms with E-state index < -0.39 is 5.97 Å². The number of carboxylic acid groups (broad SMARTS) is 1. The van der Waals surface area contributed by atoms with Gasteiger partial charge in [-0.2, -0.15) is 0 Å². The second kappa shape index (κ2) is 13.3. The Morgan fingerprint density at radius 3 is 2.00 bits per heavy atom. The number of allylic oxidation sites excluding steroid dienone is 2. The minimum absolute atomic E-state index is 0.331. The molecule has 0 amide bonds. The maximum Gasteiger partial charge on any atom is 0.303 e. The lowest BCUT2D eigenvalue weighted by Gasteiger charge is -1.98. The molecule has 0 rings (SSSR count). The van der Waals surface area contributed by atoms with E-state index in [9.17, 15) is 4.79 Å². The topological polar surface area (TPSA) is 37.3 Å². The number of carboxylic acids is 1. The van der Waals surface area contributed by atoms with E-state index in [-0.39, 0.29) is 0 Å². The fourth-order valence-corrected chi connectivity index (χ4v) is 1.82. The van der Waals surface area contributed by atoms with Crippen LogP contribution in [-0.2, 0) is 4.79 Å². The van der Waals surface area contributed by atoms with Gasteiger partial charge in [-0.3, -0.25) is 4.79 Å². The summed E-state index contributed by atoms with van der Waals surface area (Å²) in [6, 6.07) is 0. The van der Waals surface area contributed by atoms with Gasteiger partial charge in [-0.15, -0.1) is 0 Å². The maximum absolute atomic E-state index is 10.3. The first-order valence-corrected chi connectivity index (χ1v) is 7.14. The summed E-state index contributed by atoms with van der Waals surface area (Å²) in [5.74, 6) is -0.667. The van der Waals surface area contributed by atoms with Gasteiger partial charge in [0.15, 0.2) is 0 Å². The van der Waals surface area contributed by atoms with Crippen molar-refractivity contribution in [3.63, 3.8) is 0 Å². The van der Waals surface area contributed by atoms with Crippen LogP contribution < -0.4 is 0 Å². The SMILES string of the molecule is CCCCCC=CCCCCCCCC(=O)O. The average Bonchev–Trinajstić information content (AvgIpc) is 2.30. The van der Waals surface area contributed by atoms with Crippen molar-refractivity contribution in [3.8, 4) is 0 Å². The van der Waals surface area contributed by atoms with Gasteiger partial charge in [-0.05, 0) is 32.1 Å². The monoisotopic (exact) mass is 240 g/mol. The van der Waals surface area contributed by atoms with Crippen molar-refractivity contribution in [3.05, 3.63) is 12.2 Å². The first-order chi connectivity index (χ1) is 8.27. The summed E-state index contributed by atoms with van der Waals surface area (Å²) in [4.78, 5) is 10.3. The van der Waals surface area contributed by atoms with E-state index in [1.807, 2.05) is 0 Å². The van der Waals surface area contributed by atoms with Crippen molar-refractivity contribution < 1.29 is 9.90 Å². The minimum atomic E-state index is -0.667. The normalized spacial score (nSPS) is 11.1. The highest BCUT2D eigenvalue weighted by Crippen LogP contribution is 2.08. The highest BCUT2D eigenvalue weighted by atomic mass is 16.4. The van der Waals surface area contributed by atoms with Gasteiger partial charge in [0.2, 0.25) is 0 Å².